The second-order valence-corrected chi connectivity index (χ2v) is 3.23. The third-order valence-electron chi connectivity index (χ3n) is 1.85. The van der Waals surface area contributed by atoms with Crippen LogP contribution in [0.2, 0.25) is 0 Å². The molecule has 1 heterocycles. The Kier molecular flexibility index (Phi) is 4.07. The van der Waals surface area contributed by atoms with Crippen LogP contribution in [0.5, 0.6) is 5.75 Å². The SMILES string of the molecule is N#Cc1nc(C(F)(F)F)c(OC(F)(F)F)cc1C(F)F. The topological polar surface area (TPSA) is 45.9 Å². The molecule has 0 aliphatic heterocycles. The summed E-state index contributed by atoms with van der Waals surface area (Å²) >= 11 is 0. The number of ether oxygens (including phenoxy) is 1. The van der Waals surface area contributed by atoms with Crippen molar-refractivity contribution >= 4 is 0 Å². The smallest absolute Gasteiger partial charge is 0.403 e. The molecule has 0 aliphatic rings. The summed E-state index contributed by atoms with van der Waals surface area (Å²) in [6.45, 7) is 0. The first kappa shape index (κ1) is 15.9. The van der Waals surface area contributed by atoms with Crippen LogP contribution in [0.3, 0.4) is 0 Å². The number of rotatable bonds is 2. The van der Waals surface area contributed by atoms with E-state index in [0.29, 0.717) is 0 Å². The van der Waals surface area contributed by atoms with Gasteiger partial charge in [-0.1, -0.05) is 0 Å². The zero-order chi connectivity index (χ0) is 15.7. The molecule has 0 spiro atoms. The molecule has 0 unspecified atom stereocenters. The fourth-order valence-corrected chi connectivity index (χ4v) is 1.17. The standard InChI is InChI=1S/C9H2F8N2O/c10-7(11)3-1-5(20-9(15,16)17)6(8(12,13)14)19-4(3)2-18/h1,7H. The van der Waals surface area contributed by atoms with E-state index >= 15 is 0 Å². The van der Waals surface area contributed by atoms with Gasteiger partial charge in [0, 0.05) is 0 Å². The van der Waals surface area contributed by atoms with Crippen LogP contribution in [-0.2, 0) is 6.18 Å². The Bertz CT molecular complexity index is 543. The van der Waals surface area contributed by atoms with Gasteiger partial charge in [-0.2, -0.15) is 18.4 Å². The van der Waals surface area contributed by atoms with Gasteiger partial charge in [-0.15, -0.1) is 13.2 Å². The summed E-state index contributed by atoms with van der Waals surface area (Å²) < 4.78 is 101. The van der Waals surface area contributed by atoms with Crippen LogP contribution in [0.15, 0.2) is 6.07 Å². The zero-order valence-electron chi connectivity index (χ0n) is 8.98. The van der Waals surface area contributed by atoms with E-state index in [1.807, 2.05) is 0 Å². The Balaban J connectivity index is 3.54. The third kappa shape index (κ3) is 3.69. The van der Waals surface area contributed by atoms with Crippen molar-refractivity contribution in [3.63, 3.8) is 0 Å². The Morgan fingerprint density at radius 2 is 1.70 bits per heavy atom. The van der Waals surface area contributed by atoms with E-state index in [1.165, 1.54) is 0 Å². The number of nitrogens with zero attached hydrogens (tertiary/aromatic N) is 2. The Hall–Kier alpha value is -2.12. The molecule has 0 radical (unpaired) electrons. The molecule has 0 atom stereocenters. The van der Waals surface area contributed by atoms with Crippen LogP contribution in [0, 0.1) is 11.3 Å². The number of aromatic nitrogens is 1. The first-order valence-corrected chi connectivity index (χ1v) is 4.52. The van der Waals surface area contributed by atoms with Crippen molar-refractivity contribution in [2.75, 3.05) is 0 Å². The minimum absolute atomic E-state index is 0.202. The van der Waals surface area contributed by atoms with Crippen molar-refractivity contribution in [3.8, 4) is 11.8 Å². The number of halogens is 8. The second-order valence-electron chi connectivity index (χ2n) is 3.23. The van der Waals surface area contributed by atoms with E-state index in [9.17, 15) is 35.1 Å². The van der Waals surface area contributed by atoms with Crippen molar-refractivity contribution in [3.05, 3.63) is 23.0 Å². The van der Waals surface area contributed by atoms with Crippen molar-refractivity contribution in [2.24, 2.45) is 0 Å². The highest BCUT2D eigenvalue weighted by Crippen LogP contribution is 2.39. The number of pyridine rings is 1. The van der Waals surface area contributed by atoms with E-state index < -0.39 is 41.7 Å². The maximum absolute atomic E-state index is 12.5. The van der Waals surface area contributed by atoms with Crippen LogP contribution < -0.4 is 4.74 Å². The lowest BCUT2D eigenvalue weighted by atomic mass is 10.1. The van der Waals surface area contributed by atoms with Crippen molar-refractivity contribution < 1.29 is 39.9 Å². The molecule has 0 aliphatic carbocycles. The number of hydrogen-bond acceptors (Lipinski definition) is 3. The number of alkyl halides is 8. The van der Waals surface area contributed by atoms with Gasteiger partial charge in [0.1, 0.15) is 11.8 Å². The molecule has 110 valence electrons. The van der Waals surface area contributed by atoms with Crippen LogP contribution in [0.1, 0.15) is 23.4 Å². The van der Waals surface area contributed by atoms with E-state index in [2.05, 4.69) is 9.72 Å². The summed E-state index contributed by atoms with van der Waals surface area (Å²) in [6, 6.07) is 0.750. The van der Waals surface area contributed by atoms with Gasteiger partial charge in [-0.3, -0.25) is 0 Å². The molecule has 1 aromatic rings. The van der Waals surface area contributed by atoms with Crippen molar-refractivity contribution in [2.45, 2.75) is 19.0 Å². The predicted octanol–water partition coefficient (Wildman–Crippen LogP) is 3.81. The first-order chi connectivity index (χ1) is 8.95. The summed E-state index contributed by atoms with van der Waals surface area (Å²) in [6.07, 6.45) is -14.4. The highest BCUT2D eigenvalue weighted by atomic mass is 19.4. The monoisotopic (exact) mass is 306 g/mol. The van der Waals surface area contributed by atoms with Gasteiger partial charge >= 0.3 is 12.5 Å². The van der Waals surface area contributed by atoms with Crippen molar-refractivity contribution in [1.29, 1.82) is 5.26 Å². The summed E-state index contributed by atoms with van der Waals surface area (Å²) in [7, 11) is 0. The average Bonchev–Trinajstić information content (AvgIpc) is 2.24. The van der Waals surface area contributed by atoms with Gasteiger partial charge in [-0.25, -0.2) is 13.8 Å². The molecule has 20 heavy (non-hydrogen) atoms. The molecule has 0 saturated carbocycles. The normalized spacial score (nSPS) is 12.4. The van der Waals surface area contributed by atoms with Crippen LogP contribution in [0.4, 0.5) is 35.1 Å². The lowest BCUT2D eigenvalue weighted by Crippen LogP contribution is -2.22. The highest BCUT2D eigenvalue weighted by molar-refractivity contribution is 5.42. The molecule has 0 amide bonds. The van der Waals surface area contributed by atoms with Gasteiger partial charge in [0.05, 0.1) is 5.56 Å². The molecular formula is C9H2F8N2O. The molecule has 11 heteroatoms. The number of nitriles is 1. The maximum Gasteiger partial charge on any atom is 0.573 e. The van der Waals surface area contributed by atoms with Gasteiger partial charge in [0.25, 0.3) is 6.43 Å². The Morgan fingerprint density at radius 3 is 2.05 bits per heavy atom. The van der Waals surface area contributed by atoms with Crippen LogP contribution >= 0.6 is 0 Å². The largest absolute Gasteiger partial charge is 0.573 e. The zero-order valence-corrected chi connectivity index (χ0v) is 8.98. The third-order valence-corrected chi connectivity index (χ3v) is 1.85. The Labute approximate surface area is 105 Å². The van der Waals surface area contributed by atoms with Gasteiger partial charge < -0.3 is 4.74 Å². The molecule has 1 rings (SSSR count). The second kappa shape index (κ2) is 5.10. The maximum atomic E-state index is 12.5. The summed E-state index contributed by atoms with van der Waals surface area (Å²) in [5, 5.41) is 8.40. The highest BCUT2D eigenvalue weighted by Gasteiger charge is 2.42. The molecule has 0 aromatic carbocycles. The molecule has 0 N–H and O–H groups in total. The van der Waals surface area contributed by atoms with E-state index in [-0.39, 0.29) is 6.07 Å². The minimum Gasteiger partial charge on any atom is -0.403 e. The molecule has 0 bridgehead atoms. The van der Waals surface area contributed by atoms with Crippen LogP contribution in [0.25, 0.3) is 0 Å². The Morgan fingerprint density at radius 1 is 1.15 bits per heavy atom. The summed E-state index contributed by atoms with van der Waals surface area (Å²) in [4.78, 5) is 2.48. The van der Waals surface area contributed by atoms with E-state index in [0.717, 1.165) is 6.07 Å². The van der Waals surface area contributed by atoms with Crippen LogP contribution in [-0.4, -0.2) is 11.3 Å². The van der Waals surface area contributed by atoms with Gasteiger partial charge in [0.15, 0.2) is 11.4 Å². The number of hydrogen-bond donors (Lipinski definition) is 0. The lowest BCUT2D eigenvalue weighted by Gasteiger charge is -2.16. The lowest BCUT2D eigenvalue weighted by molar-refractivity contribution is -0.276. The fraction of sp³-hybridized carbons (Fsp3) is 0.333. The van der Waals surface area contributed by atoms with Gasteiger partial charge in [-0.05, 0) is 6.07 Å². The average molecular weight is 306 g/mol. The molecular weight excluding hydrogens is 304 g/mol. The first-order valence-electron chi connectivity index (χ1n) is 4.52. The molecule has 3 nitrogen and oxygen atoms in total. The quantitative estimate of drug-likeness (QED) is 0.781. The predicted molar refractivity (Wildman–Crippen MR) is 45.6 cm³/mol. The van der Waals surface area contributed by atoms with Gasteiger partial charge in [0.2, 0.25) is 0 Å². The summed E-state index contributed by atoms with van der Waals surface area (Å²) in [5.74, 6) is -1.95. The molecule has 0 fully saturated rings. The summed E-state index contributed by atoms with van der Waals surface area (Å²) in [5.41, 5.74) is -4.93. The van der Waals surface area contributed by atoms with Crippen molar-refractivity contribution in [1.82, 2.24) is 4.98 Å². The minimum atomic E-state index is -5.53. The molecule has 1 aromatic heterocycles. The fourth-order valence-electron chi connectivity index (χ4n) is 1.17. The van der Waals surface area contributed by atoms with E-state index in [4.69, 9.17) is 5.26 Å². The van der Waals surface area contributed by atoms with E-state index in [1.54, 1.807) is 0 Å². The molecule has 0 saturated heterocycles.